The molecule has 0 atom stereocenters. The van der Waals surface area contributed by atoms with E-state index in [1.807, 2.05) is 11.0 Å². The van der Waals surface area contributed by atoms with E-state index in [2.05, 4.69) is 30.5 Å². The molecule has 1 aromatic rings. The number of nitrogens with one attached hydrogen (secondary N) is 2. The third-order valence-electron chi connectivity index (χ3n) is 6.13. The van der Waals surface area contributed by atoms with Gasteiger partial charge in [0.05, 0.1) is 0 Å². The smallest absolute Gasteiger partial charge is 0.225 e. The summed E-state index contributed by atoms with van der Waals surface area (Å²) in [6.07, 6.45) is 13.5. The van der Waals surface area contributed by atoms with Crippen molar-refractivity contribution >= 4 is 41.8 Å². The third-order valence-corrected chi connectivity index (χ3v) is 6.13. The van der Waals surface area contributed by atoms with Gasteiger partial charge in [0.1, 0.15) is 0 Å². The Balaban J connectivity index is 0.00000341. The summed E-state index contributed by atoms with van der Waals surface area (Å²) in [7, 11) is 1.78. The summed E-state index contributed by atoms with van der Waals surface area (Å²) in [6.45, 7) is 4.50. The van der Waals surface area contributed by atoms with Crippen LogP contribution in [0.15, 0.2) is 23.5 Å². The molecular formula is C22H38IN7O. The predicted molar refractivity (Wildman–Crippen MR) is 136 cm³/mol. The van der Waals surface area contributed by atoms with E-state index in [4.69, 9.17) is 0 Å². The van der Waals surface area contributed by atoms with Crippen LogP contribution in [0.3, 0.4) is 0 Å². The number of carbonyl (C=O) groups excluding carboxylic acids is 1. The molecule has 0 unspecified atom stereocenters. The summed E-state index contributed by atoms with van der Waals surface area (Å²) >= 11 is 0. The van der Waals surface area contributed by atoms with Crippen LogP contribution in [-0.2, 0) is 4.79 Å². The van der Waals surface area contributed by atoms with Crippen LogP contribution in [0.5, 0.6) is 0 Å². The molecule has 3 rings (SSSR count). The number of unbranched alkanes of at least 4 members (excludes halogenated alkanes) is 1. The minimum atomic E-state index is 0. The Kier molecular flexibility index (Phi) is 11.9. The average molecular weight is 543 g/mol. The first-order valence-corrected chi connectivity index (χ1v) is 11.5. The topological polar surface area (TPSA) is 85.8 Å². The Morgan fingerprint density at radius 2 is 1.74 bits per heavy atom. The van der Waals surface area contributed by atoms with Gasteiger partial charge in [0.15, 0.2) is 5.96 Å². The fourth-order valence-corrected chi connectivity index (χ4v) is 4.34. The molecule has 0 radical (unpaired) electrons. The lowest BCUT2D eigenvalue weighted by Crippen LogP contribution is -2.50. The van der Waals surface area contributed by atoms with Crippen molar-refractivity contribution in [2.24, 2.45) is 10.9 Å². The Hall–Kier alpha value is -1.65. The molecule has 2 fully saturated rings. The zero-order valence-electron chi connectivity index (χ0n) is 18.8. The van der Waals surface area contributed by atoms with Gasteiger partial charge in [0.2, 0.25) is 11.9 Å². The van der Waals surface area contributed by atoms with E-state index in [0.29, 0.717) is 26.1 Å². The normalized spacial score (nSPS) is 17.4. The maximum atomic E-state index is 12.5. The SMILES string of the molecule is CN=C(NCCCCC1CCCC1)NCCC(=O)N1CCN(c2ncccn2)CC1.I. The number of carbonyl (C=O) groups is 1. The van der Waals surface area contributed by atoms with Crippen LogP contribution >= 0.6 is 24.0 Å². The molecule has 0 bridgehead atoms. The minimum Gasteiger partial charge on any atom is -0.356 e. The first-order chi connectivity index (χ1) is 14.8. The van der Waals surface area contributed by atoms with Crippen LogP contribution in [0.2, 0.25) is 0 Å². The highest BCUT2D eigenvalue weighted by Crippen LogP contribution is 2.28. The Bertz CT molecular complexity index is 659. The van der Waals surface area contributed by atoms with E-state index in [1.165, 1.54) is 44.9 Å². The summed E-state index contributed by atoms with van der Waals surface area (Å²) in [4.78, 5) is 29.4. The molecule has 1 aromatic heterocycles. The van der Waals surface area contributed by atoms with Crippen molar-refractivity contribution in [3.63, 3.8) is 0 Å². The molecule has 0 spiro atoms. The first-order valence-electron chi connectivity index (χ1n) is 11.5. The standard InChI is InChI=1S/C22H37N7O.HI/c1-23-21(24-11-5-4-9-19-7-2-3-8-19)25-14-10-20(30)28-15-17-29(18-16-28)22-26-12-6-13-27-22;/h6,12-13,19H,2-5,7-11,14-18H2,1H3,(H2,23,24,25);1H. The van der Waals surface area contributed by atoms with E-state index >= 15 is 0 Å². The van der Waals surface area contributed by atoms with Gasteiger partial charge < -0.3 is 20.4 Å². The molecule has 1 aliphatic carbocycles. The minimum absolute atomic E-state index is 0. The molecule has 1 saturated heterocycles. The van der Waals surface area contributed by atoms with Gasteiger partial charge in [-0.2, -0.15) is 0 Å². The van der Waals surface area contributed by atoms with E-state index in [1.54, 1.807) is 19.4 Å². The average Bonchev–Trinajstić information content (AvgIpc) is 3.32. The lowest BCUT2D eigenvalue weighted by atomic mass is 10.0. The van der Waals surface area contributed by atoms with Crippen molar-refractivity contribution in [2.75, 3.05) is 51.2 Å². The van der Waals surface area contributed by atoms with Gasteiger partial charge in [-0.15, -0.1) is 24.0 Å². The molecule has 9 heteroatoms. The van der Waals surface area contributed by atoms with Crippen LogP contribution in [0.1, 0.15) is 51.4 Å². The highest BCUT2D eigenvalue weighted by atomic mass is 127. The van der Waals surface area contributed by atoms with Crippen molar-refractivity contribution in [3.05, 3.63) is 18.5 Å². The zero-order chi connectivity index (χ0) is 21.0. The number of nitrogens with zero attached hydrogens (tertiary/aromatic N) is 5. The summed E-state index contributed by atoms with van der Waals surface area (Å²) in [5.41, 5.74) is 0. The van der Waals surface area contributed by atoms with E-state index in [-0.39, 0.29) is 29.9 Å². The number of piperazine rings is 1. The lowest BCUT2D eigenvalue weighted by molar-refractivity contribution is -0.131. The Morgan fingerprint density at radius 3 is 2.42 bits per heavy atom. The van der Waals surface area contributed by atoms with Gasteiger partial charge in [-0.3, -0.25) is 9.79 Å². The molecule has 31 heavy (non-hydrogen) atoms. The van der Waals surface area contributed by atoms with Crippen LogP contribution in [-0.4, -0.2) is 73.1 Å². The number of guanidine groups is 1. The second-order valence-corrected chi connectivity index (χ2v) is 8.24. The monoisotopic (exact) mass is 543 g/mol. The molecule has 2 heterocycles. The molecule has 2 aliphatic rings. The van der Waals surface area contributed by atoms with Gasteiger partial charge in [-0.1, -0.05) is 38.5 Å². The fraction of sp³-hybridized carbons (Fsp3) is 0.727. The molecule has 2 N–H and O–H groups in total. The maximum absolute atomic E-state index is 12.5. The van der Waals surface area contributed by atoms with Crippen molar-refractivity contribution in [3.8, 4) is 0 Å². The molecule has 174 valence electrons. The van der Waals surface area contributed by atoms with Crippen LogP contribution in [0.4, 0.5) is 5.95 Å². The van der Waals surface area contributed by atoms with E-state index in [0.717, 1.165) is 37.5 Å². The second-order valence-electron chi connectivity index (χ2n) is 8.24. The maximum Gasteiger partial charge on any atom is 0.225 e. The molecular weight excluding hydrogens is 505 g/mol. The van der Waals surface area contributed by atoms with Gasteiger partial charge in [0.25, 0.3) is 0 Å². The number of rotatable bonds is 9. The molecule has 0 aromatic carbocycles. The van der Waals surface area contributed by atoms with Gasteiger partial charge in [-0.05, 0) is 18.4 Å². The number of hydrogen-bond acceptors (Lipinski definition) is 5. The number of aliphatic imine (C=N–C) groups is 1. The molecule has 1 saturated carbocycles. The largest absolute Gasteiger partial charge is 0.356 e. The number of aromatic nitrogens is 2. The first kappa shape index (κ1) is 25.6. The Morgan fingerprint density at radius 1 is 1.06 bits per heavy atom. The summed E-state index contributed by atoms with van der Waals surface area (Å²) < 4.78 is 0. The lowest BCUT2D eigenvalue weighted by Gasteiger charge is -2.34. The van der Waals surface area contributed by atoms with Gasteiger partial charge >= 0.3 is 0 Å². The van der Waals surface area contributed by atoms with Crippen molar-refractivity contribution in [2.45, 2.75) is 51.4 Å². The van der Waals surface area contributed by atoms with Gasteiger partial charge in [0, 0.05) is 65.1 Å². The van der Waals surface area contributed by atoms with Crippen molar-refractivity contribution in [1.29, 1.82) is 0 Å². The summed E-state index contributed by atoms with van der Waals surface area (Å²) in [5, 5.41) is 6.63. The quantitative estimate of drug-likeness (QED) is 0.216. The van der Waals surface area contributed by atoms with E-state index < -0.39 is 0 Å². The van der Waals surface area contributed by atoms with E-state index in [9.17, 15) is 4.79 Å². The highest BCUT2D eigenvalue weighted by molar-refractivity contribution is 14.0. The summed E-state index contributed by atoms with van der Waals surface area (Å²) in [5.74, 6) is 2.68. The molecule has 8 nitrogen and oxygen atoms in total. The third kappa shape index (κ3) is 8.78. The van der Waals surface area contributed by atoms with Crippen molar-refractivity contribution in [1.82, 2.24) is 25.5 Å². The number of halogens is 1. The van der Waals surface area contributed by atoms with Crippen molar-refractivity contribution < 1.29 is 4.79 Å². The van der Waals surface area contributed by atoms with Crippen LogP contribution in [0, 0.1) is 5.92 Å². The van der Waals surface area contributed by atoms with Gasteiger partial charge in [-0.25, -0.2) is 9.97 Å². The number of amides is 1. The van der Waals surface area contributed by atoms with Crippen LogP contribution < -0.4 is 15.5 Å². The zero-order valence-corrected chi connectivity index (χ0v) is 21.1. The second kappa shape index (κ2) is 14.4. The Labute approximate surface area is 203 Å². The highest BCUT2D eigenvalue weighted by Gasteiger charge is 2.22. The predicted octanol–water partition coefficient (Wildman–Crippen LogP) is 2.66. The summed E-state index contributed by atoms with van der Waals surface area (Å²) in [6, 6.07) is 1.81. The molecule has 1 amide bonds. The van der Waals surface area contributed by atoms with Crippen LogP contribution in [0.25, 0.3) is 0 Å². The fourth-order valence-electron chi connectivity index (χ4n) is 4.34. The molecule has 1 aliphatic heterocycles. The number of hydrogen-bond donors (Lipinski definition) is 2. The number of anilines is 1.